The first kappa shape index (κ1) is 17.1. The Bertz CT molecular complexity index is 796. The molecule has 1 aliphatic heterocycles. The van der Waals surface area contributed by atoms with Crippen LogP contribution in [0.1, 0.15) is 53.5 Å². The van der Waals surface area contributed by atoms with E-state index >= 15 is 0 Å². The van der Waals surface area contributed by atoms with Crippen molar-refractivity contribution >= 4 is 17.5 Å². The molecule has 6 nitrogen and oxygen atoms in total. The Morgan fingerprint density at radius 2 is 1.88 bits per heavy atom. The zero-order valence-electron chi connectivity index (χ0n) is 14.3. The van der Waals surface area contributed by atoms with Gasteiger partial charge in [-0.2, -0.15) is 0 Å². The average Bonchev–Trinajstić information content (AvgIpc) is 2.96. The smallest absolute Gasteiger partial charge is 0.291 e. The lowest BCUT2D eigenvalue weighted by molar-refractivity contribution is 0.0937. The third-order valence-corrected chi connectivity index (χ3v) is 4.06. The van der Waals surface area contributed by atoms with E-state index in [4.69, 9.17) is 0 Å². The molecule has 0 radical (unpaired) electrons. The number of amides is 2. The van der Waals surface area contributed by atoms with Crippen molar-refractivity contribution in [1.82, 2.24) is 14.9 Å². The summed E-state index contributed by atoms with van der Waals surface area (Å²) in [6.45, 7) is 4.41. The number of carbonyl (C=O) groups excluding carboxylic acids is 2. The molecule has 0 aliphatic carbocycles. The highest BCUT2D eigenvalue weighted by Gasteiger charge is 2.27. The van der Waals surface area contributed by atoms with Gasteiger partial charge in [-0.3, -0.25) is 9.59 Å². The summed E-state index contributed by atoms with van der Waals surface area (Å²) in [6, 6.07) is 5.51. The Kier molecular flexibility index (Phi) is 4.83. The van der Waals surface area contributed by atoms with Crippen molar-refractivity contribution in [1.29, 1.82) is 0 Å². The van der Waals surface area contributed by atoms with Crippen LogP contribution in [0.4, 0.5) is 10.1 Å². The van der Waals surface area contributed by atoms with E-state index in [1.54, 1.807) is 0 Å². The highest BCUT2D eigenvalue weighted by Crippen LogP contribution is 2.22. The van der Waals surface area contributed by atoms with Crippen molar-refractivity contribution in [2.75, 3.05) is 5.32 Å². The molecule has 1 aromatic heterocycles. The van der Waals surface area contributed by atoms with Crippen LogP contribution in [-0.2, 0) is 13.0 Å². The molecule has 2 N–H and O–H groups in total. The summed E-state index contributed by atoms with van der Waals surface area (Å²) in [5, 5.41) is 5.54. The lowest BCUT2D eigenvalue weighted by atomic mass is 10.1. The van der Waals surface area contributed by atoms with Crippen molar-refractivity contribution in [2.45, 2.75) is 45.7 Å². The maximum atomic E-state index is 13.0. The van der Waals surface area contributed by atoms with E-state index in [2.05, 4.69) is 15.6 Å². The number of imidazole rings is 1. The average molecular weight is 344 g/mol. The van der Waals surface area contributed by atoms with E-state index in [1.165, 1.54) is 24.3 Å². The number of fused-ring (bicyclic) bond motifs is 1. The molecule has 0 unspecified atom stereocenters. The number of rotatable bonds is 4. The van der Waals surface area contributed by atoms with Crippen molar-refractivity contribution in [3.8, 4) is 0 Å². The third kappa shape index (κ3) is 3.70. The molecule has 2 heterocycles. The summed E-state index contributed by atoms with van der Waals surface area (Å²) in [4.78, 5) is 29.3. The van der Waals surface area contributed by atoms with E-state index < -0.39 is 5.91 Å². The fourth-order valence-corrected chi connectivity index (χ4v) is 2.95. The molecule has 0 saturated carbocycles. The Morgan fingerprint density at radius 3 is 2.56 bits per heavy atom. The predicted molar refractivity (Wildman–Crippen MR) is 92.1 cm³/mol. The molecule has 0 bridgehead atoms. The number of carbonyl (C=O) groups is 2. The van der Waals surface area contributed by atoms with Gasteiger partial charge in [0, 0.05) is 18.3 Å². The van der Waals surface area contributed by atoms with Crippen LogP contribution in [0.25, 0.3) is 0 Å². The van der Waals surface area contributed by atoms with Gasteiger partial charge in [0.05, 0.1) is 5.69 Å². The Balaban J connectivity index is 1.90. The van der Waals surface area contributed by atoms with Crippen LogP contribution in [0.15, 0.2) is 24.3 Å². The molecular formula is C18H21FN4O2. The van der Waals surface area contributed by atoms with Crippen LogP contribution in [0.5, 0.6) is 0 Å². The zero-order chi connectivity index (χ0) is 18.0. The van der Waals surface area contributed by atoms with Crippen molar-refractivity contribution in [3.63, 3.8) is 0 Å². The van der Waals surface area contributed by atoms with Crippen LogP contribution >= 0.6 is 0 Å². The fraction of sp³-hybridized carbons (Fsp3) is 0.389. The van der Waals surface area contributed by atoms with Gasteiger partial charge in [0.25, 0.3) is 11.8 Å². The Hall–Kier alpha value is -2.70. The van der Waals surface area contributed by atoms with Crippen molar-refractivity contribution in [2.24, 2.45) is 0 Å². The quantitative estimate of drug-likeness (QED) is 0.895. The maximum Gasteiger partial charge on any atom is 0.291 e. The maximum absolute atomic E-state index is 13.0. The lowest BCUT2D eigenvalue weighted by Crippen LogP contribution is -2.31. The number of aromatic nitrogens is 2. The lowest BCUT2D eigenvalue weighted by Gasteiger charge is -2.17. The summed E-state index contributed by atoms with van der Waals surface area (Å²) in [6.07, 6.45) is 2.62. The first-order chi connectivity index (χ1) is 12.0. The highest BCUT2D eigenvalue weighted by molar-refractivity contribution is 6.03. The molecule has 7 heteroatoms. The third-order valence-electron chi connectivity index (χ3n) is 4.06. The summed E-state index contributed by atoms with van der Waals surface area (Å²) < 4.78 is 14.8. The number of hydrogen-bond donors (Lipinski definition) is 2. The summed E-state index contributed by atoms with van der Waals surface area (Å²) >= 11 is 0. The normalized spacial score (nSPS) is 13.4. The molecule has 1 aromatic carbocycles. The van der Waals surface area contributed by atoms with Gasteiger partial charge in [-0.1, -0.05) is 0 Å². The van der Waals surface area contributed by atoms with Gasteiger partial charge in [0.1, 0.15) is 11.5 Å². The van der Waals surface area contributed by atoms with Gasteiger partial charge in [0.15, 0.2) is 5.82 Å². The largest absolute Gasteiger partial charge is 0.348 e. The molecule has 1 aliphatic rings. The fourth-order valence-electron chi connectivity index (χ4n) is 2.95. The van der Waals surface area contributed by atoms with Gasteiger partial charge in [-0.05, 0) is 57.4 Å². The molecular weight excluding hydrogens is 323 g/mol. The number of nitrogens with one attached hydrogen (secondary N) is 2. The van der Waals surface area contributed by atoms with Crippen LogP contribution < -0.4 is 10.6 Å². The highest BCUT2D eigenvalue weighted by atomic mass is 19.1. The monoisotopic (exact) mass is 344 g/mol. The summed E-state index contributed by atoms with van der Waals surface area (Å²) in [7, 11) is 0. The second kappa shape index (κ2) is 7.04. The summed E-state index contributed by atoms with van der Waals surface area (Å²) in [5.41, 5.74) is 1.60. The van der Waals surface area contributed by atoms with Crippen LogP contribution in [0, 0.1) is 5.82 Å². The van der Waals surface area contributed by atoms with Gasteiger partial charge in [0.2, 0.25) is 0 Å². The van der Waals surface area contributed by atoms with E-state index in [1.807, 2.05) is 18.4 Å². The van der Waals surface area contributed by atoms with Crippen LogP contribution in [0.3, 0.4) is 0 Å². The first-order valence-corrected chi connectivity index (χ1v) is 8.43. The molecule has 2 aromatic rings. The molecule has 0 saturated heterocycles. The minimum absolute atomic E-state index is 0.00932. The molecule has 2 amide bonds. The first-order valence-electron chi connectivity index (χ1n) is 8.43. The topological polar surface area (TPSA) is 76.0 Å². The number of hydrogen-bond acceptors (Lipinski definition) is 3. The van der Waals surface area contributed by atoms with Gasteiger partial charge < -0.3 is 15.2 Å². The minimum atomic E-state index is -0.404. The molecule has 0 fully saturated rings. The van der Waals surface area contributed by atoms with E-state index in [0.29, 0.717) is 17.9 Å². The van der Waals surface area contributed by atoms with Crippen molar-refractivity contribution < 1.29 is 14.0 Å². The second-order valence-corrected chi connectivity index (χ2v) is 6.43. The Morgan fingerprint density at radius 1 is 1.16 bits per heavy atom. The van der Waals surface area contributed by atoms with E-state index in [9.17, 15) is 14.0 Å². The standard InChI is InChI=1S/C18H21FN4O2/c1-11(2)20-17(24)15-14-5-3-4-10-23(14)16(22-15)18(25)21-13-8-6-12(19)7-9-13/h6-9,11H,3-5,10H2,1-2H3,(H,20,24)(H,21,25). The molecule has 132 valence electrons. The number of benzene rings is 1. The number of anilines is 1. The zero-order valence-corrected chi connectivity index (χ0v) is 14.3. The molecule has 0 spiro atoms. The second-order valence-electron chi connectivity index (χ2n) is 6.43. The van der Waals surface area contributed by atoms with Crippen LogP contribution in [-0.4, -0.2) is 27.4 Å². The number of nitrogens with zero attached hydrogens (tertiary/aromatic N) is 2. The molecule has 3 rings (SSSR count). The van der Waals surface area contributed by atoms with Gasteiger partial charge in [-0.15, -0.1) is 0 Å². The summed E-state index contributed by atoms with van der Waals surface area (Å²) in [5.74, 6) is -0.823. The van der Waals surface area contributed by atoms with E-state index in [0.717, 1.165) is 25.0 Å². The molecule has 25 heavy (non-hydrogen) atoms. The van der Waals surface area contributed by atoms with Crippen LogP contribution in [0.2, 0.25) is 0 Å². The van der Waals surface area contributed by atoms with Crippen molar-refractivity contribution in [3.05, 3.63) is 47.3 Å². The van der Waals surface area contributed by atoms with Gasteiger partial charge >= 0.3 is 0 Å². The van der Waals surface area contributed by atoms with Gasteiger partial charge in [-0.25, -0.2) is 9.37 Å². The molecule has 0 atom stereocenters. The van der Waals surface area contributed by atoms with E-state index in [-0.39, 0.29) is 23.6 Å². The Labute approximate surface area is 145 Å². The predicted octanol–water partition coefficient (Wildman–Crippen LogP) is 2.75. The SMILES string of the molecule is CC(C)NC(=O)c1nc(C(=O)Nc2ccc(F)cc2)n2c1CCCC2. The number of halogens is 1. The minimum Gasteiger partial charge on any atom is -0.348 e.